The van der Waals surface area contributed by atoms with Crippen LogP contribution < -0.4 is 16.3 Å². The molecule has 1 aliphatic carbocycles. The van der Waals surface area contributed by atoms with Crippen LogP contribution in [-0.4, -0.2) is 61.6 Å². The summed E-state index contributed by atoms with van der Waals surface area (Å²) in [5.74, 6) is 1.37. The number of nitrogens with zero attached hydrogens (tertiary/aromatic N) is 1. The number of fused-ring (bicyclic) bond motifs is 4. The number of nitrogens with one attached hydrogen (secondary N) is 3. The fourth-order valence-electron chi connectivity index (χ4n) is 4.96. The van der Waals surface area contributed by atoms with Gasteiger partial charge in [0.1, 0.15) is 0 Å². The van der Waals surface area contributed by atoms with Crippen LogP contribution in [0.2, 0.25) is 0 Å². The van der Waals surface area contributed by atoms with E-state index in [1.54, 1.807) is 0 Å². The van der Waals surface area contributed by atoms with Crippen molar-refractivity contribution in [2.45, 2.75) is 76.3 Å². The quantitative estimate of drug-likeness (QED) is 0.614. The summed E-state index contributed by atoms with van der Waals surface area (Å²) in [6.07, 6.45) is 6.71. The largest absolute Gasteiger partial charge is 0.378 e. The minimum absolute atomic E-state index is 0.298. The van der Waals surface area contributed by atoms with Crippen molar-refractivity contribution in [3.63, 3.8) is 0 Å². The molecule has 4 aliphatic rings. The summed E-state index contributed by atoms with van der Waals surface area (Å²) in [5, 5.41) is 2.40. The maximum Gasteiger partial charge on any atom is 0.0583 e. The molecular formula is C18H34N4O2. The lowest BCUT2D eigenvalue weighted by Gasteiger charge is -2.35. The third kappa shape index (κ3) is 3.79. The lowest BCUT2D eigenvalue weighted by atomic mass is 9.76. The highest BCUT2D eigenvalue weighted by Gasteiger charge is 2.45. The van der Waals surface area contributed by atoms with Crippen LogP contribution in [-0.2, 0) is 9.47 Å². The molecule has 0 amide bonds. The molecular weight excluding hydrogens is 304 g/mol. The summed E-state index contributed by atoms with van der Waals surface area (Å²) < 4.78 is 12.4. The van der Waals surface area contributed by atoms with Gasteiger partial charge in [0.15, 0.2) is 0 Å². The Morgan fingerprint density at radius 3 is 2.83 bits per heavy atom. The van der Waals surface area contributed by atoms with E-state index >= 15 is 0 Å². The lowest BCUT2D eigenvalue weighted by molar-refractivity contribution is -0.0536. The highest BCUT2D eigenvalue weighted by Crippen LogP contribution is 2.36. The molecule has 1 saturated carbocycles. The molecule has 138 valence electrons. The van der Waals surface area contributed by atoms with Crippen molar-refractivity contribution in [2.75, 3.05) is 26.2 Å². The van der Waals surface area contributed by atoms with Crippen LogP contribution in [0.4, 0.5) is 0 Å². The third-order valence-electron chi connectivity index (χ3n) is 6.45. The smallest absolute Gasteiger partial charge is 0.0583 e. The van der Waals surface area contributed by atoms with E-state index in [0.29, 0.717) is 42.2 Å². The van der Waals surface area contributed by atoms with Gasteiger partial charge in [-0.25, -0.2) is 5.01 Å². The number of ether oxygens (including phenoxy) is 2. The SMILES string of the molecule is C[C@@H]1CCO[C@@H](C)CCN2CC(CN2)C2NNC3CCC(CC32)O1. The van der Waals surface area contributed by atoms with E-state index in [9.17, 15) is 0 Å². The van der Waals surface area contributed by atoms with Gasteiger partial charge in [0.25, 0.3) is 0 Å². The zero-order valence-corrected chi connectivity index (χ0v) is 15.2. The van der Waals surface area contributed by atoms with Crippen molar-refractivity contribution in [1.82, 2.24) is 21.3 Å². The summed E-state index contributed by atoms with van der Waals surface area (Å²) in [6, 6.07) is 1.19. The van der Waals surface area contributed by atoms with Gasteiger partial charge in [-0.2, -0.15) is 0 Å². The lowest BCUT2D eigenvalue weighted by Crippen LogP contribution is -2.42. The van der Waals surface area contributed by atoms with Crippen LogP contribution in [0.25, 0.3) is 0 Å². The zero-order valence-electron chi connectivity index (χ0n) is 15.2. The van der Waals surface area contributed by atoms with E-state index in [1.165, 1.54) is 19.3 Å². The molecule has 0 spiro atoms. The summed E-state index contributed by atoms with van der Waals surface area (Å²) in [7, 11) is 0. The predicted molar refractivity (Wildman–Crippen MR) is 93.2 cm³/mol. The minimum Gasteiger partial charge on any atom is -0.378 e. The van der Waals surface area contributed by atoms with Gasteiger partial charge in [-0.15, -0.1) is 0 Å². The van der Waals surface area contributed by atoms with E-state index in [2.05, 4.69) is 35.1 Å². The van der Waals surface area contributed by atoms with Crippen LogP contribution >= 0.6 is 0 Å². The van der Waals surface area contributed by atoms with Gasteiger partial charge in [-0.3, -0.25) is 16.3 Å². The number of rotatable bonds is 0. The maximum absolute atomic E-state index is 6.37. The first-order valence-corrected chi connectivity index (χ1v) is 9.95. The van der Waals surface area contributed by atoms with Gasteiger partial charge in [0, 0.05) is 44.2 Å². The minimum atomic E-state index is 0.298. The van der Waals surface area contributed by atoms with E-state index in [4.69, 9.17) is 9.47 Å². The molecule has 24 heavy (non-hydrogen) atoms. The Balaban J connectivity index is 1.46. The number of hydrogen-bond acceptors (Lipinski definition) is 6. The molecule has 6 unspecified atom stereocenters. The van der Waals surface area contributed by atoms with Gasteiger partial charge in [-0.1, -0.05) is 0 Å². The molecule has 6 heteroatoms. The molecule has 3 heterocycles. The summed E-state index contributed by atoms with van der Waals surface area (Å²) >= 11 is 0. The zero-order chi connectivity index (χ0) is 16.5. The molecule has 4 bridgehead atoms. The van der Waals surface area contributed by atoms with Crippen molar-refractivity contribution < 1.29 is 9.47 Å². The first kappa shape index (κ1) is 17.2. The fraction of sp³-hybridized carbons (Fsp3) is 1.00. The monoisotopic (exact) mass is 338 g/mol. The Morgan fingerprint density at radius 2 is 1.92 bits per heavy atom. The van der Waals surface area contributed by atoms with Crippen molar-refractivity contribution >= 4 is 0 Å². The summed E-state index contributed by atoms with van der Waals surface area (Å²) in [6.45, 7) is 8.50. The van der Waals surface area contributed by atoms with Crippen LogP contribution in [0.15, 0.2) is 0 Å². The van der Waals surface area contributed by atoms with Gasteiger partial charge < -0.3 is 9.47 Å². The Hall–Kier alpha value is -0.240. The second kappa shape index (κ2) is 7.56. The number of hydrogen-bond donors (Lipinski definition) is 3. The molecule has 6 nitrogen and oxygen atoms in total. The van der Waals surface area contributed by atoms with Crippen LogP contribution in [0.5, 0.6) is 0 Å². The van der Waals surface area contributed by atoms with Gasteiger partial charge in [0.2, 0.25) is 0 Å². The summed E-state index contributed by atoms with van der Waals surface area (Å²) in [5.41, 5.74) is 10.8. The predicted octanol–water partition coefficient (Wildman–Crippen LogP) is 1.04. The van der Waals surface area contributed by atoms with Gasteiger partial charge >= 0.3 is 0 Å². The standard InChI is InChI=1S/C18H34N4O2/c1-12-5-7-22-11-14(10-19-22)18-16-9-15(3-4-17(16)20-21-18)24-13(2)6-8-23-12/h12-21H,3-11H2,1-2H3/t12-,13+,14?,15?,16?,17?,18?/m0/s1. The first-order chi connectivity index (χ1) is 11.7. The highest BCUT2D eigenvalue weighted by molar-refractivity contribution is 5.00. The normalized spacial score (nSPS) is 50.2. The molecule has 3 saturated heterocycles. The summed E-state index contributed by atoms with van der Waals surface area (Å²) in [4.78, 5) is 0. The molecule has 0 aromatic heterocycles. The number of hydrazine groups is 2. The molecule has 3 aliphatic heterocycles. The molecule has 0 radical (unpaired) electrons. The fourth-order valence-corrected chi connectivity index (χ4v) is 4.96. The van der Waals surface area contributed by atoms with Crippen LogP contribution in [0, 0.1) is 11.8 Å². The van der Waals surface area contributed by atoms with Crippen LogP contribution in [0.1, 0.15) is 46.0 Å². The van der Waals surface area contributed by atoms with E-state index in [0.717, 1.165) is 39.1 Å². The highest BCUT2D eigenvalue weighted by atomic mass is 16.5. The molecule has 4 rings (SSSR count). The average molecular weight is 338 g/mol. The van der Waals surface area contributed by atoms with Crippen molar-refractivity contribution in [1.29, 1.82) is 0 Å². The van der Waals surface area contributed by atoms with E-state index in [-0.39, 0.29) is 0 Å². The topological polar surface area (TPSA) is 57.8 Å². The Kier molecular flexibility index (Phi) is 5.41. The van der Waals surface area contributed by atoms with Crippen molar-refractivity contribution in [2.24, 2.45) is 11.8 Å². The molecule has 8 atom stereocenters. The second-order valence-corrected chi connectivity index (χ2v) is 8.29. The van der Waals surface area contributed by atoms with Crippen molar-refractivity contribution in [3.05, 3.63) is 0 Å². The van der Waals surface area contributed by atoms with Crippen LogP contribution in [0.3, 0.4) is 0 Å². The second-order valence-electron chi connectivity index (χ2n) is 8.29. The molecule has 3 N–H and O–H groups in total. The maximum atomic E-state index is 6.37. The molecule has 0 aromatic rings. The average Bonchev–Trinajstić information content (AvgIpc) is 3.18. The third-order valence-corrected chi connectivity index (χ3v) is 6.45. The first-order valence-electron chi connectivity index (χ1n) is 9.95. The Labute approximate surface area is 145 Å². The van der Waals surface area contributed by atoms with E-state index < -0.39 is 0 Å². The van der Waals surface area contributed by atoms with Crippen molar-refractivity contribution in [3.8, 4) is 0 Å². The molecule has 0 aromatic carbocycles. The molecule has 4 fully saturated rings. The van der Waals surface area contributed by atoms with Gasteiger partial charge in [0.05, 0.1) is 18.3 Å². The van der Waals surface area contributed by atoms with E-state index in [1.807, 2.05) is 0 Å². The Bertz CT molecular complexity index is 424. The van der Waals surface area contributed by atoms with Gasteiger partial charge in [-0.05, 0) is 51.9 Å². The Morgan fingerprint density at radius 1 is 1.00 bits per heavy atom.